The van der Waals surface area contributed by atoms with Gasteiger partial charge in [-0.1, -0.05) is 23.7 Å². The molecule has 1 aliphatic rings. The summed E-state index contributed by atoms with van der Waals surface area (Å²) in [5.41, 5.74) is 5.27. The number of nitrogens with zero attached hydrogens (tertiary/aromatic N) is 2. The Kier molecular flexibility index (Phi) is 4.88. The van der Waals surface area contributed by atoms with Crippen LogP contribution in [0.1, 0.15) is 6.92 Å². The Balaban J connectivity index is 2.12. The largest absolute Gasteiger partial charge is 0.368 e. The number of primary amides is 1. The van der Waals surface area contributed by atoms with Gasteiger partial charge in [0.1, 0.15) is 4.90 Å². The smallest absolute Gasteiger partial charge is 0.244 e. The fourth-order valence-electron chi connectivity index (χ4n) is 2.30. The predicted octanol–water partition coefficient (Wildman–Crippen LogP) is 0.520. The molecule has 1 heterocycles. The summed E-state index contributed by atoms with van der Waals surface area (Å²) in [5, 5.41) is 0.213. The number of hydrogen-bond acceptors (Lipinski definition) is 4. The van der Waals surface area contributed by atoms with Crippen molar-refractivity contribution in [2.24, 2.45) is 5.73 Å². The first kappa shape index (κ1) is 16.2. The maximum atomic E-state index is 12.5. The molecule has 1 aromatic rings. The second-order valence-electron chi connectivity index (χ2n) is 4.95. The van der Waals surface area contributed by atoms with Crippen molar-refractivity contribution < 1.29 is 13.2 Å². The number of amides is 1. The maximum absolute atomic E-state index is 12.5. The zero-order valence-electron chi connectivity index (χ0n) is 11.7. The number of benzene rings is 1. The minimum atomic E-state index is -3.60. The highest BCUT2D eigenvalue weighted by Crippen LogP contribution is 2.25. The molecule has 0 aliphatic carbocycles. The van der Waals surface area contributed by atoms with E-state index in [-0.39, 0.29) is 9.92 Å². The van der Waals surface area contributed by atoms with Gasteiger partial charge in [-0.2, -0.15) is 4.31 Å². The quantitative estimate of drug-likeness (QED) is 0.871. The van der Waals surface area contributed by atoms with E-state index in [0.717, 1.165) is 0 Å². The first-order valence-electron chi connectivity index (χ1n) is 6.62. The molecule has 1 aliphatic heterocycles. The van der Waals surface area contributed by atoms with E-state index in [1.807, 2.05) is 4.90 Å². The molecule has 1 atom stereocenters. The van der Waals surface area contributed by atoms with Gasteiger partial charge in [0.2, 0.25) is 15.9 Å². The molecule has 2 N–H and O–H groups in total. The van der Waals surface area contributed by atoms with Gasteiger partial charge in [0.25, 0.3) is 0 Å². The second kappa shape index (κ2) is 6.31. The Labute approximate surface area is 129 Å². The van der Waals surface area contributed by atoms with Gasteiger partial charge in [-0.15, -0.1) is 0 Å². The molecule has 1 fully saturated rings. The normalized spacial score (nSPS) is 19.3. The molecule has 0 spiro atoms. The van der Waals surface area contributed by atoms with Gasteiger partial charge in [-0.3, -0.25) is 9.69 Å². The zero-order valence-corrected chi connectivity index (χ0v) is 13.3. The van der Waals surface area contributed by atoms with Crippen LogP contribution in [0.5, 0.6) is 0 Å². The lowest BCUT2D eigenvalue weighted by Gasteiger charge is -2.36. The summed E-state index contributed by atoms with van der Waals surface area (Å²) < 4.78 is 26.5. The van der Waals surface area contributed by atoms with Crippen LogP contribution >= 0.6 is 11.6 Å². The van der Waals surface area contributed by atoms with Crippen LogP contribution in [0.15, 0.2) is 29.2 Å². The molecule has 2 rings (SSSR count). The first-order valence-corrected chi connectivity index (χ1v) is 8.44. The molecule has 1 aromatic carbocycles. The number of rotatable bonds is 4. The van der Waals surface area contributed by atoms with Crippen LogP contribution in [0.3, 0.4) is 0 Å². The van der Waals surface area contributed by atoms with Crippen molar-refractivity contribution in [2.75, 3.05) is 26.2 Å². The van der Waals surface area contributed by atoms with E-state index in [1.54, 1.807) is 25.1 Å². The first-order chi connectivity index (χ1) is 9.84. The lowest BCUT2D eigenvalue weighted by Crippen LogP contribution is -2.54. The summed E-state index contributed by atoms with van der Waals surface area (Å²) in [6.07, 6.45) is 0. The van der Waals surface area contributed by atoms with Gasteiger partial charge < -0.3 is 5.73 Å². The Morgan fingerprint density at radius 2 is 1.81 bits per heavy atom. The standard InChI is InChI=1S/C13H18ClN3O3S/c1-10(13(15)18)16-6-8-17(9-7-16)21(19,20)12-5-3-2-4-11(12)14/h2-5,10H,6-9H2,1H3,(H2,15,18). The average molecular weight is 332 g/mol. The number of piperazine rings is 1. The number of carbonyl (C=O) groups excluding carboxylic acids is 1. The van der Waals surface area contributed by atoms with Gasteiger partial charge in [-0.05, 0) is 19.1 Å². The highest BCUT2D eigenvalue weighted by molar-refractivity contribution is 7.89. The molecule has 21 heavy (non-hydrogen) atoms. The Hall–Kier alpha value is -1.15. The van der Waals surface area contributed by atoms with E-state index >= 15 is 0 Å². The van der Waals surface area contributed by atoms with Crippen molar-refractivity contribution in [3.8, 4) is 0 Å². The van der Waals surface area contributed by atoms with Crippen LogP contribution < -0.4 is 5.73 Å². The molecule has 1 unspecified atom stereocenters. The Bertz CT molecular complexity index is 627. The Morgan fingerprint density at radius 3 is 2.33 bits per heavy atom. The van der Waals surface area contributed by atoms with Crippen LogP contribution in [0.2, 0.25) is 5.02 Å². The molecule has 0 bridgehead atoms. The lowest BCUT2D eigenvalue weighted by molar-refractivity contribution is -0.123. The molecule has 1 saturated heterocycles. The summed E-state index contributed by atoms with van der Waals surface area (Å²) in [6, 6.07) is 5.99. The van der Waals surface area contributed by atoms with E-state index in [9.17, 15) is 13.2 Å². The van der Waals surface area contributed by atoms with E-state index in [4.69, 9.17) is 17.3 Å². The van der Waals surface area contributed by atoms with Gasteiger partial charge in [0.05, 0.1) is 11.1 Å². The van der Waals surface area contributed by atoms with E-state index in [0.29, 0.717) is 26.2 Å². The van der Waals surface area contributed by atoms with Crippen molar-refractivity contribution in [3.63, 3.8) is 0 Å². The molecule has 116 valence electrons. The molecule has 8 heteroatoms. The maximum Gasteiger partial charge on any atom is 0.244 e. The van der Waals surface area contributed by atoms with E-state index < -0.39 is 22.0 Å². The highest BCUT2D eigenvalue weighted by Gasteiger charge is 2.32. The van der Waals surface area contributed by atoms with Crippen molar-refractivity contribution in [3.05, 3.63) is 29.3 Å². The topological polar surface area (TPSA) is 83.7 Å². The van der Waals surface area contributed by atoms with Crippen molar-refractivity contribution in [1.29, 1.82) is 0 Å². The third kappa shape index (κ3) is 3.37. The molecule has 0 aromatic heterocycles. The van der Waals surface area contributed by atoms with Gasteiger partial charge in [0, 0.05) is 26.2 Å². The Morgan fingerprint density at radius 1 is 1.24 bits per heavy atom. The summed E-state index contributed by atoms with van der Waals surface area (Å²) >= 11 is 5.97. The number of sulfonamides is 1. The van der Waals surface area contributed by atoms with Crippen LogP contribution in [0.4, 0.5) is 0 Å². The third-order valence-corrected chi connectivity index (χ3v) is 6.09. The minimum absolute atomic E-state index is 0.114. The fraction of sp³-hybridized carbons (Fsp3) is 0.462. The number of carbonyl (C=O) groups is 1. The summed E-state index contributed by atoms with van der Waals surface area (Å²) in [7, 11) is -3.60. The van der Waals surface area contributed by atoms with Crippen molar-refractivity contribution in [1.82, 2.24) is 9.21 Å². The second-order valence-corrected chi connectivity index (χ2v) is 7.26. The minimum Gasteiger partial charge on any atom is -0.368 e. The number of halogens is 1. The van der Waals surface area contributed by atoms with E-state index in [1.165, 1.54) is 10.4 Å². The van der Waals surface area contributed by atoms with Crippen LogP contribution in [0.25, 0.3) is 0 Å². The molecule has 1 amide bonds. The van der Waals surface area contributed by atoms with E-state index in [2.05, 4.69) is 0 Å². The lowest BCUT2D eigenvalue weighted by atomic mass is 10.2. The SMILES string of the molecule is CC(C(N)=O)N1CCN(S(=O)(=O)c2ccccc2Cl)CC1. The summed E-state index contributed by atoms with van der Waals surface area (Å²) in [4.78, 5) is 13.2. The molecular weight excluding hydrogens is 314 g/mol. The average Bonchev–Trinajstić information content (AvgIpc) is 2.46. The van der Waals surface area contributed by atoms with Gasteiger partial charge in [0.15, 0.2) is 0 Å². The van der Waals surface area contributed by atoms with Crippen LogP contribution in [-0.4, -0.2) is 55.8 Å². The van der Waals surface area contributed by atoms with Crippen molar-refractivity contribution >= 4 is 27.5 Å². The number of nitrogens with two attached hydrogens (primary N) is 1. The highest BCUT2D eigenvalue weighted by atomic mass is 35.5. The summed E-state index contributed by atoms with van der Waals surface area (Å²) in [6.45, 7) is 3.28. The monoisotopic (exact) mass is 331 g/mol. The molecule has 0 radical (unpaired) electrons. The summed E-state index contributed by atoms with van der Waals surface area (Å²) in [5.74, 6) is -0.405. The molecule has 6 nitrogen and oxygen atoms in total. The zero-order chi connectivity index (χ0) is 15.6. The van der Waals surface area contributed by atoms with Gasteiger partial charge >= 0.3 is 0 Å². The fourth-order valence-corrected chi connectivity index (χ4v) is 4.22. The number of hydrogen-bond donors (Lipinski definition) is 1. The van der Waals surface area contributed by atoms with Crippen LogP contribution in [0, 0.1) is 0 Å². The third-order valence-electron chi connectivity index (χ3n) is 3.69. The molecular formula is C13H18ClN3O3S. The van der Waals surface area contributed by atoms with Crippen molar-refractivity contribution in [2.45, 2.75) is 17.9 Å². The predicted molar refractivity (Wildman–Crippen MR) is 80.4 cm³/mol. The molecule has 0 saturated carbocycles. The van der Waals surface area contributed by atoms with Crippen LogP contribution in [-0.2, 0) is 14.8 Å². The van der Waals surface area contributed by atoms with Gasteiger partial charge in [-0.25, -0.2) is 8.42 Å².